The van der Waals surface area contributed by atoms with Crippen molar-refractivity contribution < 1.29 is 15.0 Å². The molecule has 0 aliphatic rings. The van der Waals surface area contributed by atoms with E-state index < -0.39 is 11.9 Å². The van der Waals surface area contributed by atoms with Crippen LogP contribution in [0.4, 0.5) is 0 Å². The molecule has 1 atom stereocenters. The molecule has 0 amide bonds. The number of rotatable bonds is 2. The van der Waals surface area contributed by atoms with Gasteiger partial charge in [-0.15, -0.1) is 0 Å². The lowest BCUT2D eigenvalue weighted by atomic mass is 9.94. The first-order chi connectivity index (χ1) is 6.43. The summed E-state index contributed by atoms with van der Waals surface area (Å²) in [4.78, 5) is 10.8. The van der Waals surface area contributed by atoms with Crippen molar-refractivity contribution in [3.63, 3.8) is 0 Å². The summed E-state index contributed by atoms with van der Waals surface area (Å²) >= 11 is 0. The summed E-state index contributed by atoms with van der Waals surface area (Å²) in [6, 6.07) is 3.33. The largest absolute Gasteiger partial charge is 0.508 e. The van der Waals surface area contributed by atoms with Crippen LogP contribution in [0.15, 0.2) is 12.1 Å². The highest BCUT2D eigenvalue weighted by Gasteiger charge is 2.16. The Morgan fingerprint density at radius 2 is 1.86 bits per heavy atom. The third kappa shape index (κ3) is 1.87. The second-order valence-corrected chi connectivity index (χ2v) is 3.56. The molecule has 0 bridgehead atoms. The van der Waals surface area contributed by atoms with E-state index in [1.807, 2.05) is 0 Å². The van der Waals surface area contributed by atoms with E-state index in [2.05, 4.69) is 0 Å². The molecule has 0 spiro atoms. The summed E-state index contributed by atoms with van der Waals surface area (Å²) in [7, 11) is 0. The lowest BCUT2D eigenvalue weighted by Crippen LogP contribution is -2.09. The van der Waals surface area contributed by atoms with Crippen LogP contribution in [0, 0.1) is 13.8 Å². The average molecular weight is 194 g/mol. The number of phenolic OH excluding ortho intramolecular Hbond substituents is 1. The van der Waals surface area contributed by atoms with Gasteiger partial charge in [-0.25, -0.2) is 0 Å². The van der Waals surface area contributed by atoms with Crippen LogP contribution in [-0.4, -0.2) is 16.2 Å². The Bertz CT molecular complexity index is 369. The molecule has 0 aliphatic carbocycles. The molecule has 3 nitrogen and oxygen atoms in total. The Kier molecular flexibility index (Phi) is 2.79. The highest BCUT2D eigenvalue weighted by atomic mass is 16.4. The maximum Gasteiger partial charge on any atom is 0.310 e. The molecule has 14 heavy (non-hydrogen) atoms. The van der Waals surface area contributed by atoms with Crippen LogP contribution in [-0.2, 0) is 4.79 Å². The van der Waals surface area contributed by atoms with E-state index in [9.17, 15) is 9.90 Å². The topological polar surface area (TPSA) is 57.5 Å². The van der Waals surface area contributed by atoms with Crippen molar-refractivity contribution in [2.75, 3.05) is 0 Å². The Morgan fingerprint density at radius 1 is 1.29 bits per heavy atom. The van der Waals surface area contributed by atoms with Gasteiger partial charge in [0.05, 0.1) is 5.92 Å². The van der Waals surface area contributed by atoms with E-state index in [1.54, 1.807) is 32.9 Å². The van der Waals surface area contributed by atoms with Crippen molar-refractivity contribution in [3.8, 4) is 5.75 Å². The van der Waals surface area contributed by atoms with Crippen LogP contribution in [0.3, 0.4) is 0 Å². The fraction of sp³-hybridized carbons (Fsp3) is 0.364. The van der Waals surface area contributed by atoms with E-state index in [0.29, 0.717) is 5.56 Å². The molecule has 0 radical (unpaired) electrons. The summed E-state index contributed by atoms with van der Waals surface area (Å²) in [5, 5.41) is 18.3. The second kappa shape index (κ2) is 3.70. The maximum atomic E-state index is 10.8. The summed E-state index contributed by atoms with van der Waals surface area (Å²) in [6.07, 6.45) is 0. The zero-order valence-electron chi connectivity index (χ0n) is 8.53. The van der Waals surface area contributed by atoms with Gasteiger partial charge >= 0.3 is 5.97 Å². The van der Waals surface area contributed by atoms with E-state index in [0.717, 1.165) is 11.1 Å². The number of hydrogen-bond donors (Lipinski definition) is 2. The van der Waals surface area contributed by atoms with Crippen LogP contribution in [0.1, 0.15) is 29.5 Å². The molecule has 3 heteroatoms. The van der Waals surface area contributed by atoms with Gasteiger partial charge in [-0.3, -0.25) is 4.79 Å². The number of phenols is 1. The number of aryl methyl sites for hydroxylation is 2. The molecule has 1 aromatic rings. The minimum Gasteiger partial charge on any atom is -0.508 e. The highest BCUT2D eigenvalue weighted by molar-refractivity contribution is 5.76. The molecule has 1 unspecified atom stereocenters. The Morgan fingerprint density at radius 3 is 2.36 bits per heavy atom. The highest BCUT2D eigenvalue weighted by Crippen LogP contribution is 2.26. The second-order valence-electron chi connectivity index (χ2n) is 3.56. The van der Waals surface area contributed by atoms with Gasteiger partial charge in [0.2, 0.25) is 0 Å². The SMILES string of the molecule is Cc1cc(C(C)C(=O)O)c(C)cc1O. The zero-order valence-corrected chi connectivity index (χ0v) is 8.53. The molecule has 76 valence electrons. The number of hydrogen-bond acceptors (Lipinski definition) is 2. The average Bonchev–Trinajstić information content (AvgIpc) is 2.10. The molecular formula is C11H14O3. The molecule has 1 rings (SSSR count). The standard InChI is InChI=1S/C11H14O3/c1-6-5-10(12)7(2)4-9(6)8(3)11(13)14/h4-5,8,12H,1-3H3,(H,13,14). The lowest BCUT2D eigenvalue weighted by Gasteiger charge is -2.12. The van der Waals surface area contributed by atoms with Crippen molar-refractivity contribution in [2.45, 2.75) is 26.7 Å². The van der Waals surface area contributed by atoms with Gasteiger partial charge in [-0.05, 0) is 43.5 Å². The van der Waals surface area contributed by atoms with Crippen LogP contribution in [0.25, 0.3) is 0 Å². The summed E-state index contributed by atoms with van der Waals surface area (Å²) in [6.45, 7) is 5.20. The molecule has 0 aromatic heterocycles. The quantitative estimate of drug-likeness (QED) is 0.758. The number of carboxylic acid groups (broad SMARTS) is 1. The zero-order chi connectivity index (χ0) is 10.9. The molecule has 1 aromatic carbocycles. The predicted octanol–water partition coefficient (Wildman–Crippen LogP) is 2.20. The molecule has 2 N–H and O–H groups in total. The third-order valence-electron chi connectivity index (χ3n) is 2.42. The number of carboxylic acids is 1. The van der Waals surface area contributed by atoms with Gasteiger partial charge in [-0.1, -0.05) is 6.07 Å². The molecule has 0 saturated carbocycles. The van der Waals surface area contributed by atoms with Gasteiger partial charge in [0.1, 0.15) is 5.75 Å². The van der Waals surface area contributed by atoms with Crippen molar-refractivity contribution >= 4 is 5.97 Å². The summed E-state index contributed by atoms with van der Waals surface area (Å²) in [5.41, 5.74) is 2.27. The first-order valence-electron chi connectivity index (χ1n) is 4.46. The van der Waals surface area contributed by atoms with Gasteiger partial charge in [0, 0.05) is 0 Å². The van der Waals surface area contributed by atoms with Gasteiger partial charge < -0.3 is 10.2 Å². The van der Waals surface area contributed by atoms with Crippen LogP contribution in [0.2, 0.25) is 0 Å². The molecular weight excluding hydrogens is 180 g/mol. The van der Waals surface area contributed by atoms with Crippen LogP contribution >= 0.6 is 0 Å². The number of benzene rings is 1. The molecule has 0 fully saturated rings. The number of aromatic hydroxyl groups is 1. The Hall–Kier alpha value is -1.51. The van der Waals surface area contributed by atoms with E-state index >= 15 is 0 Å². The van der Waals surface area contributed by atoms with Gasteiger partial charge in [-0.2, -0.15) is 0 Å². The first kappa shape index (κ1) is 10.6. The van der Waals surface area contributed by atoms with Crippen molar-refractivity contribution in [1.82, 2.24) is 0 Å². The van der Waals surface area contributed by atoms with Crippen molar-refractivity contribution in [1.29, 1.82) is 0 Å². The lowest BCUT2D eigenvalue weighted by molar-refractivity contribution is -0.138. The van der Waals surface area contributed by atoms with Crippen molar-refractivity contribution in [2.24, 2.45) is 0 Å². The molecule has 0 aliphatic heterocycles. The number of aliphatic carboxylic acids is 1. The van der Waals surface area contributed by atoms with Crippen molar-refractivity contribution in [3.05, 3.63) is 28.8 Å². The van der Waals surface area contributed by atoms with Gasteiger partial charge in [0.15, 0.2) is 0 Å². The first-order valence-corrected chi connectivity index (χ1v) is 4.46. The van der Waals surface area contributed by atoms with E-state index in [-0.39, 0.29) is 5.75 Å². The van der Waals surface area contributed by atoms with Crippen LogP contribution < -0.4 is 0 Å². The maximum absolute atomic E-state index is 10.8. The van der Waals surface area contributed by atoms with E-state index in [1.165, 1.54) is 0 Å². The van der Waals surface area contributed by atoms with E-state index in [4.69, 9.17) is 5.11 Å². The summed E-state index contributed by atoms with van der Waals surface area (Å²) in [5.74, 6) is -1.17. The van der Waals surface area contributed by atoms with Crippen LogP contribution in [0.5, 0.6) is 5.75 Å². The predicted molar refractivity (Wildman–Crippen MR) is 53.6 cm³/mol. The monoisotopic (exact) mass is 194 g/mol. The minimum absolute atomic E-state index is 0.212. The fourth-order valence-electron chi connectivity index (χ4n) is 1.42. The normalized spacial score (nSPS) is 12.5. The molecule has 0 heterocycles. The fourth-order valence-corrected chi connectivity index (χ4v) is 1.42. The summed E-state index contributed by atoms with van der Waals surface area (Å²) < 4.78 is 0. The van der Waals surface area contributed by atoms with Gasteiger partial charge in [0.25, 0.3) is 0 Å². The third-order valence-corrected chi connectivity index (χ3v) is 2.42. The number of carbonyl (C=O) groups is 1. The molecule has 0 saturated heterocycles. The Labute approximate surface area is 83.0 Å². The smallest absolute Gasteiger partial charge is 0.310 e. The minimum atomic E-state index is -0.849. The Balaban J connectivity index is 3.22.